The number of nitrogens with zero attached hydrogens (tertiary/aromatic N) is 2. The van der Waals surface area contributed by atoms with Crippen molar-refractivity contribution < 1.29 is 5.11 Å². The average molecular weight is 343 g/mol. The van der Waals surface area contributed by atoms with Gasteiger partial charge in [0.05, 0.1) is 11.2 Å². The summed E-state index contributed by atoms with van der Waals surface area (Å²) in [6, 6.07) is 11.9. The van der Waals surface area contributed by atoms with E-state index in [0.29, 0.717) is 0 Å². The molecule has 0 aliphatic carbocycles. The van der Waals surface area contributed by atoms with E-state index in [1.165, 1.54) is 6.08 Å². The zero-order valence-corrected chi connectivity index (χ0v) is 13.2. The number of pyridine rings is 1. The van der Waals surface area contributed by atoms with Crippen molar-refractivity contribution in [3.8, 4) is 5.82 Å². The van der Waals surface area contributed by atoms with Gasteiger partial charge in [0.25, 0.3) is 0 Å². The second-order valence-electron chi connectivity index (χ2n) is 4.88. The first-order valence-corrected chi connectivity index (χ1v) is 7.45. The van der Waals surface area contributed by atoms with E-state index in [4.69, 9.17) is 0 Å². The molecule has 1 aromatic carbocycles. The Morgan fingerprint density at radius 1 is 1.29 bits per heavy atom. The van der Waals surface area contributed by atoms with Crippen LogP contribution in [-0.2, 0) is 0 Å². The molecule has 0 fully saturated rings. The standard InChI is InChI=1S/C17H15BrN2O/c1-3-15(21)17-11(2)13-6-4-5-7-14(13)20(17)16-9-8-12(18)10-19-16/h3-10,15,21H,1H2,2H3. The van der Waals surface area contributed by atoms with E-state index >= 15 is 0 Å². The third-order valence-electron chi connectivity index (χ3n) is 3.62. The Morgan fingerprint density at radius 2 is 2.05 bits per heavy atom. The van der Waals surface area contributed by atoms with Crippen LogP contribution in [0, 0.1) is 6.92 Å². The van der Waals surface area contributed by atoms with Crippen LogP contribution in [0.2, 0.25) is 0 Å². The first-order chi connectivity index (χ1) is 10.1. The highest BCUT2D eigenvalue weighted by Gasteiger charge is 2.20. The maximum absolute atomic E-state index is 10.3. The van der Waals surface area contributed by atoms with Crippen LogP contribution in [0.25, 0.3) is 16.7 Å². The van der Waals surface area contributed by atoms with Gasteiger partial charge < -0.3 is 5.11 Å². The number of fused-ring (bicyclic) bond motifs is 1. The van der Waals surface area contributed by atoms with E-state index < -0.39 is 6.10 Å². The second kappa shape index (κ2) is 5.47. The lowest BCUT2D eigenvalue weighted by Gasteiger charge is -2.13. The van der Waals surface area contributed by atoms with Crippen molar-refractivity contribution >= 4 is 26.8 Å². The van der Waals surface area contributed by atoms with Crippen LogP contribution in [0.1, 0.15) is 17.4 Å². The Labute approximate surface area is 131 Å². The van der Waals surface area contributed by atoms with Crippen LogP contribution < -0.4 is 0 Å². The van der Waals surface area contributed by atoms with Crippen molar-refractivity contribution in [1.82, 2.24) is 9.55 Å². The molecule has 3 aromatic rings. The predicted molar refractivity (Wildman–Crippen MR) is 88.7 cm³/mol. The van der Waals surface area contributed by atoms with E-state index in [1.54, 1.807) is 6.20 Å². The molecule has 0 bridgehead atoms. The van der Waals surface area contributed by atoms with Gasteiger partial charge in [-0.15, -0.1) is 6.58 Å². The number of benzene rings is 1. The van der Waals surface area contributed by atoms with Crippen molar-refractivity contribution in [1.29, 1.82) is 0 Å². The van der Waals surface area contributed by atoms with Crippen molar-refractivity contribution in [2.75, 3.05) is 0 Å². The number of aliphatic hydroxyl groups is 1. The smallest absolute Gasteiger partial charge is 0.137 e. The molecule has 4 heteroatoms. The Kier molecular flexibility index (Phi) is 3.66. The van der Waals surface area contributed by atoms with Gasteiger partial charge in [0.2, 0.25) is 0 Å². The summed E-state index contributed by atoms with van der Waals surface area (Å²) in [5.74, 6) is 0.776. The maximum atomic E-state index is 10.3. The molecule has 2 heterocycles. The van der Waals surface area contributed by atoms with Crippen LogP contribution in [0.15, 0.2) is 59.7 Å². The molecule has 0 saturated carbocycles. The van der Waals surface area contributed by atoms with Crippen LogP contribution >= 0.6 is 15.9 Å². The molecule has 2 aromatic heterocycles. The summed E-state index contributed by atoms with van der Waals surface area (Å²) in [6.07, 6.45) is 2.56. The lowest BCUT2D eigenvalue weighted by atomic mass is 10.1. The first-order valence-electron chi connectivity index (χ1n) is 6.66. The summed E-state index contributed by atoms with van der Waals surface area (Å²) in [6.45, 7) is 5.72. The van der Waals surface area contributed by atoms with Gasteiger partial charge >= 0.3 is 0 Å². The largest absolute Gasteiger partial charge is 0.383 e. The molecule has 0 amide bonds. The zero-order chi connectivity index (χ0) is 15.0. The third-order valence-corrected chi connectivity index (χ3v) is 4.09. The summed E-state index contributed by atoms with van der Waals surface area (Å²) < 4.78 is 2.91. The number of hydrogen-bond donors (Lipinski definition) is 1. The van der Waals surface area contributed by atoms with Gasteiger partial charge in [-0.25, -0.2) is 4.98 Å². The lowest BCUT2D eigenvalue weighted by Crippen LogP contribution is -2.06. The monoisotopic (exact) mass is 342 g/mol. The number of aromatic nitrogens is 2. The van der Waals surface area contributed by atoms with Crippen molar-refractivity contribution in [3.63, 3.8) is 0 Å². The third kappa shape index (κ3) is 2.30. The summed E-state index contributed by atoms with van der Waals surface area (Å²) in [5, 5.41) is 11.4. The summed E-state index contributed by atoms with van der Waals surface area (Å²) in [4.78, 5) is 4.46. The number of para-hydroxylation sites is 1. The molecule has 21 heavy (non-hydrogen) atoms. The fourth-order valence-corrected chi connectivity index (χ4v) is 2.87. The van der Waals surface area contributed by atoms with E-state index in [0.717, 1.165) is 32.5 Å². The molecule has 0 spiro atoms. The Hall–Kier alpha value is -1.91. The molecule has 1 unspecified atom stereocenters. The Balaban J connectivity index is 2.38. The number of rotatable bonds is 3. The fraction of sp³-hybridized carbons (Fsp3) is 0.118. The molecule has 0 saturated heterocycles. The minimum absolute atomic E-state index is 0.733. The molecule has 1 N–H and O–H groups in total. The van der Waals surface area contributed by atoms with Gasteiger partial charge in [0, 0.05) is 16.1 Å². The number of halogens is 1. The van der Waals surface area contributed by atoms with E-state index in [2.05, 4.69) is 33.6 Å². The Bertz CT molecular complexity index is 806. The Morgan fingerprint density at radius 3 is 2.71 bits per heavy atom. The molecule has 106 valence electrons. The van der Waals surface area contributed by atoms with Gasteiger partial charge in [-0.05, 0) is 46.6 Å². The quantitative estimate of drug-likeness (QED) is 0.720. The molecule has 3 rings (SSSR count). The SMILES string of the molecule is C=CC(O)c1c(C)c2ccccc2n1-c1ccc(Br)cn1. The number of aryl methyl sites for hydroxylation is 1. The van der Waals surface area contributed by atoms with Gasteiger partial charge in [-0.2, -0.15) is 0 Å². The van der Waals surface area contributed by atoms with Gasteiger partial charge in [-0.3, -0.25) is 4.57 Å². The molecule has 0 aliphatic rings. The van der Waals surface area contributed by atoms with Crippen molar-refractivity contribution in [2.24, 2.45) is 0 Å². The second-order valence-corrected chi connectivity index (χ2v) is 5.79. The molecule has 0 radical (unpaired) electrons. The minimum Gasteiger partial charge on any atom is -0.383 e. The molecule has 3 nitrogen and oxygen atoms in total. The predicted octanol–water partition coefficient (Wildman–Crippen LogP) is 4.32. The van der Waals surface area contributed by atoms with Crippen molar-refractivity contribution in [3.05, 3.63) is 71.0 Å². The summed E-state index contributed by atoms with van der Waals surface area (Å²) >= 11 is 3.40. The fourth-order valence-electron chi connectivity index (χ4n) is 2.63. The van der Waals surface area contributed by atoms with Crippen molar-refractivity contribution in [2.45, 2.75) is 13.0 Å². The zero-order valence-electron chi connectivity index (χ0n) is 11.6. The van der Waals surface area contributed by atoms with Crippen LogP contribution in [0.3, 0.4) is 0 Å². The van der Waals surface area contributed by atoms with Crippen LogP contribution in [0.4, 0.5) is 0 Å². The summed E-state index contributed by atoms with van der Waals surface area (Å²) in [5.41, 5.74) is 2.88. The maximum Gasteiger partial charge on any atom is 0.137 e. The first kappa shape index (κ1) is 14.0. The summed E-state index contributed by atoms with van der Waals surface area (Å²) in [7, 11) is 0. The molecular formula is C17H15BrN2O. The van der Waals surface area contributed by atoms with Gasteiger partial charge in [-0.1, -0.05) is 24.3 Å². The highest BCUT2D eigenvalue weighted by molar-refractivity contribution is 9.10. The average Bonchev–Trinajstić information content (AvgIpc) is 2.81. The minimum atomic E-state index is -0.733. The normalized spacial score (nSPS) is 12.5. The molecule has 0 aliphatic heterocycles. The number of hydrogen-bond acceptors (Lipinski definition) is 2. The van der Waals surface area contributed by atoms with Gasteiger partial charge in [0.1, 0.15) is 11.9 Å². The van der Waals surface area contributed by atoms with E-state index in [-0.39, 0.29) is 0 Å². The van der Waals surface area contributed by atoms with Crippen LogP contribution in [-0.4, -0.2) is 14.7 Å². The molecular weight excluding hydrogens is 328 g/mol. The van der Waals surface area contributed by atoms with E-state index in [1.807, 2.05) is 41.8 Å². The van der Waals surface area contributed by atoms with Gasteiger partial charge in [0.15, 0.2) is 0 Å². The molecule has 1 atom stereocenters. The van der Waals surface area contributed by atoms with Crippen LogP contribution in [0.5, 0.6) is 0 Å². The highest BCUT2D eigenvalue weighted by Crippen LogP contribution is 2.32. The topological polar surface area (TPSA) is 38.0 Å². The lowest BCUT2D eigenvalue weighted by molar-refractivity contribution is 0.221. The highest BCUT2D eigenvalue weighted by atomic mass is 79.9. The number of aliphatic hydroxyl groups excluding tert-OH is 1. The van der Waals surface area contributed by atoms with E-state index in [9.17, 15) is 5.11 Å².